The van der Waals surface area contributed by atoms with E-state index < -0.39 is 0 Å². The first-order valence-corrected chi connectivity index (χ1v) is 8.28. The van der Waals surface area contributed by atoms with Crippen LogP contribution in [0.25, 0.3) is 0 Å². The van der Waals surface area contributed by atoms with Gasteiger partial charge >= 0.3 is 0 Å². The van der Waals surface area contributed by atoms with Crippen molar-refractivity contribution in [3.05, 3.63) is 30.2 Å². The number of rotatable bonds is 5. The van der Waals surface area contributed by atoms with E-state index in [9.17, 15) is 4.79 Å². The summed E-state index contributed by atoms with van der Waals surface area (Å²) in [7, 11) is 0. The molecule has 3 rings (SSSR count). The maximum absolute atomic E-state index is 12.3. The van der Waals surface area contributed by atoms with E-state index in [1.165, 1.54) is 6.33 Å². The number of carbonyl (C=O) groups is 1. The van der Waals surface area contributed by atoms with Crippen molar-refractivity contribution in [3.8, 4) is 0 Å². The molecule has 0 saturated carbocycles. The lowest BCUT2D eigenvalue weighted by atomic mass is 10.2. The van der Waals surface area contributed by atoms with E-state index >= 15 is 0 Å². The molecule has 3 heterocycles. The van der Waals surface area contributed by atoms with Gasteiger partial charge in [-0.2, -0.15) is 5.10 Å². The first-order valence-electron chi connectivity index (χ1n) is 8.28. The van der Waals surface area contributed by atoms with Crippen LogP contribution in [0.1, 0.15) is 24.1 Å². The average Bonchev–Trinajstić information content (AvgIpc) is 3.11. The monoisotopic (exact) mass is 329 g/mol. The number of aromatic nitrogens is 5. The molecule has 1 amide bonds. The van der Waals surface area contributed by atoms with Crippen molar-refractivity contribution in [1.82, 2.24) is 29.6 Å². The minimum Gasteiger partial charge on any atom is -0.353 e. The molecule has 0 bridgehead atoms. The smallest absolute Gasteiger partial charge is 0.222 e. The molecule has 0 radical (unpaired) electrons. The fourth-order valence-electron chi connectivity index (χ4n) is 2.91. The van der Waals surface area contributed by atoms with Gasteiger partial charge in [-0.1, -0.05) is 0 Å². The quantitative estimate of drug-likeness (QED) is 0.808. The first-order chi connectivity index (χ1) is 11.6. The normalized spacial score (nSPS) is 14.9. The molecular formula is C16H23N7O. The third kappa shape index (κ3) is 3.69. The summed E-state index contributed by atoms with van der Waals surface area (Å²) in [5, 5.41) is 4.05. The predicted octanol–water partition coefficient (Wildman–Crippen LogP) is 0.814. The maximum atomic E-state index is 12.3. The van der Waals surface area contributed by atoms with Crippen LogP contribution in [0.2, 0.25) is 0 Å². The molecule has 0 unspecified atom stereocenters. The molecule has 1 aliphatic heterocycles. The van der Waals surface area contributed by atoms with Crippen molar-refractivity contribution in [2.75, 3.05) is 31.1 Å². The van der Waals surface area contributed by atoms with Gasteiger partial charge in [0.25, 0.3) is 0 Å². The average molecular weight is 329 g/mol. The summed E-state index contributed by atoms with van der Waals surface area (Å²) < 4.78 is 1.76. The van der Waals surface area contributed by atoms with Crippen molar-refractivity contribution in [3.63, 3.8) is 0 Å². The Hall–Kier alpha value is -2.51. The van der Waals surface area contributed by atoms with Crippen LogP contribution in [0.4, 0.5) is 5.82 Å². The molecule has 0 N–H and O–H groups in total. The Morgan fingerprint density at radius 1 is 1.12 bits per heavy atom. The molecule has 1 fully saturated rings. The van der Waals surface area contributed by atoms with E-state index in [1.54, 1.807) is 17.3 Å². The first kappa shape index (κ1) is 16.4. The summed E-state index contributed by atoms with van der Waals surface area (Å²) in [5.41, 5.74) is 2.12. The van der Waals surface area contributed by atoms with Gasteiger partial charge in [-0.15, -0.1) is 0 Å². The lowest BCUT2D eigenvalue weighted by Gasteiger charge is -2.36. The fraction of sp³-hybridized carbons (Fsp3) is 0.562. The number of amides is 1. The van der Waals surface area contributed by atoms with Gasteiger partial charge in [0.1, 0.15) is 24.8 Å². The maximum Gasteiger partial charge on any atom is 0.222 e. The predicted molar refractivity (Wildman–Crippen MR) is 89.6 cm³/mol. The second kappa shape index (κ2) is 7.37. The zero-order chi connectivity index (χ0) is 16.9. The Bertz CT molecular complexity index is 678. The highest BCUT2D eigenvalue weighted by Crippen LogP contribution is 2.20. The molecule has 1 aliphatic rings. The molecule has 2 aromatic rings. The second-order valence-corrected chi connectivity index (χ2v) is 6.04. The van der Waals surface area contributed by atoms with Gasteiger partial charge in [-0.05, 0) is 20.3 Å². The zero-order valence-corrected chi connectivity index (χ0v) is 14.2. The van der Waals surface area contributed by atoms with Gasteiger partial charge in [0, 0.05) is 50.4 Å². The molecule has 1 saturated heterocycles. The van der Waals surface area contributed by atoms with Crippen LogP contribution in [0.3, 0.4) is 0 Å². The lowest BCUT2D eigenvalue weighted by molar-refractivity contribution is -0.131. The fourth-order valence-corrected chi connectivity index (χ4v) is 2.91. The molecule has 8 heteroatoms. The molecule has 0 spiro atoms. The highest BCUT2D eigenvalue weighted by molar-refractivity contribution is 5.76. The van der Waals surface area contributed by atoms with Crippen LogP contribution in [0.15, 0.2) is 19.0 Å². The van der Waals surface area contributed by atoms with E-state index in [2.05, 4.69) is 25.0 Å². The van der Waals surface area contributed by atoms with E-state index in [-0.39, 0.29) is 5.91 Å². The Morgan fingerprint density at radius 3 is 2.62 bits per heavy atom. The van der Waals surface area contributed by atoms with Crippen LogP contribution in [-0.4, -0.2) is 61.7 Å². The third-order valence-electron chi connectivity index (χ3n) is 4.49. The van der Waals surface area contributed by atoms with Crippen molar-refractivity contribution < 1.29 is 4.79 Å². The third-order valence-corrected chi connectivity index (χ3v) is 4.49. The van der Waals surface area contributed by atoms with Crippen LogP contribution in [0, 0.1) is 13.8 Å². The number of hydrogen-bond donors (Lipinski definition) is 0. The topological polar surface area (TPSA) is 80.0 Å². The van der Waals surface area contributed by atoms with Crippen molar-refractivity contribution >= 4 is 11.7 Å². The summed E-state index contributed by atoms with van der Waals surface area (Å²) in [6.07, 6.45) is 6.13. The highest BCUT2D eigenvalue weighted by atomic mass is 16.2. The molecule has 24 heavy (non-hydrogen) atoms. The molecule has 2 aromatic heterocycles. The van der Waals surface area contributed by atoms with Gasteiger partial charge in [0.15, 0.2) is 0 Å². The number of piperazine rings is 1. The standard InChI is InChI=1S/C16H23N7O/c1-13-14(2)18-11-19-16(13)22-8-6-21(7-9-22)15(24)4-3-5-23-12-17-10-20-23/h10-12H,3-9H2,1-2H3. The molecule has 8 nitrogen and oxygen atoms in total. The Balaban J connectivity index is 1.47. The summed E-state index contributed by atoms with van der Waals surface area (Å²) in [6, 6.07) is 0. The van der Waals surface area contributed by atoms with Crippen molar-refractivity contribution in [2.24, 2.45) is 0 Å². The summed E-state index contributed by atoms with van der Waals surface area (Å²) >= 11 is 0. The van der Waals surface area contributed by atoms with E-state index in [0.29, 0.717) is 6.42 Å². The Kier molecular flexibility index (Phi) is 5.02. The molecule has 0 aromatic carbocycles. The van der Waals surface area contributed by atoms with Crippen LogP contribution in [-0.2, 0) is 11.3 Å². The highest BCUT2D eigenvalue weighted by Gasteiger charge is 2.22. The summed E-state index contributed by atoms with van der Waals surface area (Å²) in [5.74, 6) is 1.20. The SMILES string of the molecule is Cc1ncnc(N2CCN(C(=O)CCCn3cncn3)CC2)c1C. The molecule has 128 valence electrons. The van der Waals surface area contributed by atoms with Gasteiger partial charge < -0.3 is 9.80 Å². The minimum atomic E-state index is 0.213. The number of carbonyl (C=O) groups excluding carboxylic acids is 1. The van der Waals surface area contributed by atoms with Gasteiger partial charge in [-0.3, -0.25) is 9.48 Å². The van der Waals surface area contributed by atoms with Gasteiger partial charge in [0.05, 0.1) is 0 Å². The van der Waals surface area contributed by atoms with Crippen LogP contribution in [0.5, 0.6) is 0 Å². The van der Waals surface area contributed by atoms with Crippen LogP contribution < -0.4 is 4.90 Å². The minimum absolute atomic E-state index is 0.213. The lowest BCUT2D eigenvalue weighted by Crippen LogP contribution is -2.49. The number of nitrogens with zero attached hydrogens (tertiary/aromatic N) is 7. The number of aryl methyl sites for hydroxylation is 2. The van der Waals surface area contributed by atoms with E-state index in [0.717, 1.165) is 56.2 Å². The van der Waals surface area contributed by atoms with Crippen LogP contribution >= 0.6 is 0 Å². The van der Waals surface area contributed by atoms with E-state index in [1.807, 2.05) is 18.7 Å². The second-order valence-electron chi connectivity index (χ2n) is 6.04. The number of hydrogen-bond acceptors (Lipinski definition) is 6. The molecule has 0 atom stereocenters. The van der Waals surface area contributed by atoms with Crippen molar-refractivity contribution in [1.29, 1.82) is 0 Å². The summed E-state index contributed by atoms with van der Waals surface area (Å²) in [6.45, 7) is 7.88. The largest absolute Gasteiger partial charge is 0.353 e. The number of anilines is 1. The Morgan fingerprint density at radius 2 is 1.92 bits per heavy atom. The van der Waals surface area contributed by atoms with Gasteiger partial charge in [0.2, 0.25) is 5.91 Å². The molecular weight excluding hydrogens is 306 g/mol. The van der Waals surface area contributed by atoms with E-state index in [4.69, 9.17) is 0 Å². The van der Waals surface area contributed by atoms with Gasteiger partial charge in [-0.25, -0.2) is 15.0 Å². The summed E-state index contributed by atoms with van der Waals surface area (Å²) in [4.78, 5) is 29.0. The molecule has 0 aliphatic carbocycles. The van der Waals surface area contributed by atoms with Crippen molar-refractivity contribution in [2.45, 2.75) is 33.2 Å². The zero-order valence-electron chi connectivity index (χ0n) is 14.2. The Labute approximate surface area is 141 Å².